The zero-order chi connectivity index (χ0) is 29.1. The smallest absolute Gasteiger partial charge is 0.338 e. The first-order chi connectivity index (χ1) is 18.8. The molecule has 39 heavy (non-hydrogen) atoms. The molecule has 0 aliphatic carbocycles. The molecular formula is C29H36O10. The molecule has 0 saturated carbocycles. The van der Waals surface area contributed by atoms with Crippen LogP contribution in [0.4, 0.5) is 0 Å². The molecule has 1 aliphatic heterocycles. The third-order valence-electron chi connectivity index (χ3n) is 6.01. The van der Waals surface area contributed by atoms with Crippen LogP contribution >= 0.6 is 0 Å². The summed E-state index contributed by atoms with van der Waals surface area (Å²) >= 11 is 0. The summed E-state index contributed by atoms with van der Waals surface area (Å²) in [5.41, 5.74) is 1.95. The minimum absolute atomic E-state index is 0.0404. The lowest BCUT2D eigenvalue weighted by Crippen LogP contribution is -2.42. The van der Waals surface area contributed by atoms with Crippen molar-refractivity contribution >= 4 is 5.97 Å². The highest BCUT2D eigenvalue weighted by Gasteiger charge is 2.37. The second-order valence-electron chi connectivity index (χ2n) is 8.31. The van der Waals surface area contributed by atoms with Crippen molar-refractivity contribution in [3.63, 3.8) is 0 Å². The molecule has 4 N–H and O–H groups in total. The molecule has 3 rings (SSSR count). The van der Waals surface area contributed by atoms with Gasteiger partial charge in [-0.1, -0.05) is 19.6 Å². The van der Waals surface area contributed by atoms with E-state index in [1.165, 1.54) is 38.5 Å². The Morgan fingerprint density at radius 3 is 2.26 bits per heavy atom. The van der Waals surface area contributed by atoms with E-state index in [0.717, 1.165) is 7.11 Å². The molecule has 0 radical (unpaired) electrons. The van der Waals surface area contributed by atoms with Gasteiger partial charge in [0.1, 0.15) is 40.6 Å². The number of hydrogen-bond donors (Lipinski definition) is 4. The van der Waals surface area contributed by atoms with Crippen molar-refractivity contribution in [1.82, 2.24) is 0 Å². The normalized spacial score (nSPS) is 16.7. The predicted octanol–water partition coefficient (Wildman–Crippen LogP) is 4.36. The Balaban J connectivity index is 0.00000260. The van der Waals surface area contributed by atoms with Crippen molar-refractivity contribution in [2.45, 2.75) is 38.6 Å². The molecule has 0 amide bonds. The van der Waals surface area contributed by atoms with Crippen LogP contribution in [0.25, 0.3) is 0 Å². The Labute approximate surface area is 228 Å². The number of esters is 1. The molecule has 2 atom stereocenters. The molecule has 1 heterocycles. The van der Waals surface area contributed by atoms with Crippen LogP contribution in [0.15, 0.2) is 60.4 Å². The molecule has 1 aliphatic rings. The number of aliphatic hydroxyl groups is 2. The van der Waals surface area contributed by atoms with Crippen LogP contribution in [-0.4, -0.2) is 67.0 Å². The van der Waals surface area contributed by atoms with E-state index >= 15 is 0 Å². The molecule has 10 nitrogen and oxygen atoms in total. The van der Waals surface area contributed by atoms with Gasteiger partial charge in [-0.2, -0.15) is 0 Å². The van der Waals surface area contributed by atoms with E-state index in [1.54, 1.807) is 25.3 Å². The summed E-state index contributed by atoms with van der Waals surface area (Å²) in [6, 6.07) is 5.69. The van der Waals surface area contributed by atoms with Crippen LogP contribution in [0.3, 0.4) is 0 Å². The fourth-order valence-corrected chi connectivity index (χ4v) is 4.13. The Bertz CT molecular complexity index is 1190. The second-order valence-corrected chi connectivity index (χ2v) is 8.31. The number of carbonyl (C=O) groups is 1. The number of fused-ring (bicyclic) bond motifs is 1. The van der Waals surface area contributed by atoms with Crippen molar-refractivity contribution in [2.24, 2.45) is 0 Å². The van der Waals surface area contributed by atoms with E-state index in [0.29, 0.717) is 34.6 Å². The Hall–Kier alpha value is -4.15. The molecule has 2 aromatic carbocycles. The number of rotatable bonds is 10. The van der Waals surface area contributed by atoms with E-state index in [-0.39, 0.29) is 41.6 Å². The van der Waals surface area contributed by atoms with Gasteiger partial charge in [-0.05, 0) is 36.3 Å². The topological polar surface area (TPSA) is 144 Å². The van der Waals surface area contributed by atoms with E-state index < -0.39 is 18.2 Å². The number of hydrogen-bond acceptors (Lipinski definition) is 10. The number of allylic oxidation sites excluding steroid dienone is 3. The van der Waals surface area contributed by atoms with Crippen molar-refractivity contribution in [1.29, 1.82) is 0 Å². The highest BCUT2D eigenvalue weighted by Crippen LogP contribution is 2.41. The van der Waals surface area contributed by atoms with Gasteiger partial charge in [-0.3, -0.25) is 0 Å². The number of aliphatic hydroxyl groups excluding tert-OH is 2. The first-order valence-corrected chi connectivity index (χ1v) is 12.1. The Morgan fingerprint density at radius 1 is 1.08 bits per heavy atom. The third kappa shape index (κ3) is 7.46. The molecular weight excluding hydrogens is 508 g/mol. The SMILES string of the molecule is C=C/C(O)=C\C=C(/CC)[C@H]1Oc2cc(O)cc(O)c2C[C@H]1OC(=O)c1cc(OC)c(COC)c(OC)c1.CO. The summed E-state index contributed by atoms with van der Waals surface area (Å²) in [5, 5.41) is 37.2. The number of phenols is 2. The third-order valence-corrected chi connectivity index (χ3v) is 6.01. The van der Waals surface area contributed by atoms with Crippen LogP contribution < -0.4 is 14.2 Å². The van der Waals surface area contributed by atoms with E-state index in [2.05, 4.69) is 6.58 Å². The van der Waals surface area contributed by atoms with E-state index in [9.17, 15) is 20.1 Å². The average Bonchev–Trinajstić information content (AvgIpc) is 2.94. The Morgan fingerprint density at radius 2 is 1.72 bits per heavy atom. The maximum Gasteiger partial charge on any atom is 0.338 e. The van der Waals surface area contributed by atoms with Gasteiger partial charge in [0.25, 0.3) is 0 Å². The summed E-state index contributed by atoms with van der Waals surface area (Å²) in [5.74, 6) is 0.0601. The number of benzene rings is 2. The fourth-order valence-electron chi connectivity index (χ4n) is 4.13. The molecule has 212 valence electrons. The first kappa shape index (κ1) is 31.1. The first-order valence-electron chi connectivity index (χ1n) is 12.1. The minimum atomic E-state index is -0.837. The molecule has 0 fully saturated rings. The summed E-state index contributed by atoms with van der Waals surface area (Å²) in [7, 11) is 5.50. The quantitative estimate of drug-likeness (QED) is 0.193. The summed E-state index contributed by atoms with van der Waals surface area (Å²) in [6.45, 7) is 5.64. The average molecular weight is 545 g/mol. The van der Waals surface area contributed by atoms with E-state index in [4.69, 9.17) is 28.8 Å². The second kappa shape index (κ2) is 14.7. The van der Waals surface area contributed by atoms with Gasteiger partial charge in [0, 0.05) is 38.3 Å². The van der Waals surface area contributed by atoms with Crippen LogP contribution in [-0.2, 0) is 22.5 Å². The molecule has 10 heteroatoms. The molecule has 0 spiro atoms. The zero-order valence-corrected chi connectivity index (χ0v) is 22.8. The Kier molecular flexibility index (Phi) is 11.7. The predicted molar refractivity (Wildman–Crippen MR) is 145 cm³/mol. The lowest BCUT2D eigenvalue weighted by Gasteiger charge is -2.35. The van der Waals surface area contributed by atoms with Crippen LogP contribution in [0.1, 0.15) is 34.8 Å². The van der Waals surface area contributed by atoms with Gasteiger partial charge in [-0.25, -0.2) is 4.79 Å². The van der Waals surface area contributed by atoms with Gasteiger partial charge in [-0.15, -0.1) is 0 Å². The molecule has 0 unspecified atom stereocenters. The van der Waals surface area contributed by atoms with Crippen LogP contribution in [0.2, 0.25) is 0 Å². The van der Waals surface area contributed by atoms with Crippen molar-refractivity contribution in [3.05, 3.63) is 77.1 Å². The van der Waals surface area contributed by atoms with Gasteiger partial charge in [0.15, 0.2) is 6.10 Å². The largest absolute Gasteiger partial charge is 0.508 e. The number of aromatic hydroxyl groups is 2. The lowest BCUT2D eigenvalue weighted by molar-refractivity contribution is -0.00779. The summed E-state index contributed by atoms with van der Waals surface area (Å²) in [6.07, 6.45) is 3.47. The molecule has 2 aromatic rings. The minimum Gasteiger partial charge on any atom is -0.508 e. The summed E-state index contributed by atoms with van der Waals surface area (Å²) in [4.78, 5) is 13.3. The summed E-state index contributed by atoms with van der Waals surface area (Å²) < 4.78 is 28.2. The monoisotopic (exact) mass is 544 g/mol. The molecule has 0 aromatic heterocycles. The van der Waals surface area contributed by atoms with Crippen molar-refractivity contribution < 1.29 is 48.9 Å². The molecule has 0 saturated heterocycles. The van der Waals surface area contributed by atoms with Crippen LogP contribution in [0, 0.1) is 0 Å². The van der Waals surface area contributed by atoms with Gasteiger partial charge < -0.3 is 44.1 Å². The fraction of sp³-hybridized carbons (Fsp3) is 0.345. The standard InChI is InChI=1S/C28H32O9.CH4O/c1-6-16(8-9-18(29)7-2)27-26(14-20-22(31)12-19(30)13-25(20)36-27)37-28(32)17-10-23(34-4)21(15-33-3)24(11-17)35-5;1-2/h7-13,26-27,29-31H,2,6,14-15H2,1,3-5H3;2H,1H3/b16-8+,18-9+;/t26-,27-;/m1./s1. The van der Waals surface area contributed by atoms with E-state index in [1.807, 2.05) is 6.92 Å². The highest BCUT2D eigenvalue weighted by molar-refractivity contribution is 5.91. The van der Waals surface area contributed by atoms with Gasteiger partial charge >= 0.3 is 5.97 Å². The van der Waals surface area contributed by atoms with Crippen LogP contribution in [0.5, 0.6) is 28.7 Å². The maximum atomic E-state index is 13.3. The van der Waals surface area contributed by atoms with Crippen molar-refractivity contribution in [2.75, 3.05) is 28.4 Å². The van der Waals surface area contributed by atoms with Gasteiger partial charge in [0.2, 0.25) is 0 Å². The lowest BCUT2D eigenvalue weighted by atomic mass is 9.92. The van der Waals surface area contributed by atoms with Crippen molar-refractivity contribution in [3.8, 4) is 28.7 Å². The zero-order valence-electron chi connectivity index (χ0n) is 22.8. The maximum absolute atomic E-state index is 13.3. The molecule has 0 bridgehead atoms. The number of carbonyl (C=O) groups excluding carboxylic acids is 1. The highest BCUT2D eigenvalue weighted by atomic mass is 16.6. The van der Waals surface area contributed by atoms with Gasteiger partial charge in [0.05, 0.1) is 32.0 Å². The number of ether oxygens (including phenoxy) is 5. The number of methoxy groups -OCH3 is 3. The number of phenolic OH excluding ortho intramolecular Hbond substituents is 2.